The Bertz CT molecular complexity index is 112. The summed E-state index contributed by atoms with van der Waals surface area (Å²) in [6.45, 7) is 4.09. The zero-order valence-corrected chi connectivity index (χ0v) is 6.85. The van der Waals surface area contributed by atoms with Gasteiger partial charge in [0.25, 0.3) is 0 Å². The largest absolute Gasteiger partial charge is 0.358 e. The van der Waals surface area contributed by atoms with E-state index in [0.717, 1.165) is 6.42 Å². The minimum absolute atomic E-state index is 0.0753. The Morgan fingerprint density at radius 3 is 2.40 bits per heavy atom. The molecule has 0 aliphatic heterocycles. The van der Waals surface area contributed by atoms with E-state index in [1.807, 2.05) is 13.8 Å². The molecule has 1 amide bonds. The van der Waals surface area contributed by atoms with Gasteiger partial charge in [0.15, 0.2) is 0 Å². The smallest absolute Gasteiger partial charge is 0.236 e. The molecule has 0 aliphatic rings. The van der Waals surface area contributed by atoms with Crippen LogP contribution in [0.5, 0.6) is 0 Å². The summed E-state index contributed by atoms with van der Waals surface area (Å²) in [5.74, 6) is 0.404. The number of amides is 1. The highest BCUT2D eigenvalue weighted by Crippen LogP contribution is 2.01. The SMILES string of the molecule is CNC(=O)[C@H](N)CC(C)C. The van der Waals surface area contributed by atoms with Crippen LogP contribution in [0.1, 0.15) is 20.3 Å². The van der Waals surface area contributed by atoms with Gasteiger partial charge in [-0.15, -0.1) is 0 Å². The first kappa shape index (κ1) is 9.43. The topological polar surface area (TPSA) is 55.1 Å². The standard InChI is InChI=1S/C7H16N2O/c1-5(2)4-6(8)7(10)9-3/h5-6H,4,8H2,1-3H3,(H,9,10)/t6-/m1/s1. The van der Waals surface area contributed by atoms with Gasteiger partial charge in [0.1, 0.15) is 0 Å². The van der Waals surface area contributed by atoms with E-state index < -0.39 is 0 Å². The van der Waals surface area contributed by atoms with E-state index in [4.69, 9.17) is 5.73 Å². The lowest BCUT2D eigenvalue weighted by atomic mass is 10.0. The van der Waals surface area contributed by atoms with Gasteiger partial charge in [-0.1, -0.05) is 13.8 Å². The number of carbonyl (C=O) groups is 1. The summed E-state index contributed by atoms with van der Waals surface area (Å²) in [6.07, 6.45) is 0.750. The summed E-state index contributed by atoms with van der Waals surface area (Å²) in [5.41, 5.74) is 5.52. The number of nitrogens with one attached hydrogen (secondary N) is 1. The lowest BCUT2D eigenvalue weighted by Crippen LogP contribution is -2.39. The van der Waals surface area contributed by atoms with Gasteiger partial charge in [0, 0.05) is 7.05 Å². The minimum Gasteiger partial charge on any atom is -0.358 e. The van der Waals surface area contributed by atoms with E-state index in [2.05, 4.69) is 5.32 Å². The van der Waals surface area contributed by atoms with Crippen LogP contribution in [0.2, 0.25) is 0 Å². The Labute approximate surface area is 62.0 Å². The van der Waals surface area contributed by atoms with E-state index in [1.54, 1.807) is 7.05 Å². The first-order valence-electron chi connectivity index (χ1n) is 3.55. The average molecular weight is 144 g/mol. The van der Waals surface area contributed by atoms with Gasteiger partial charge in [-0.2, -0.15) is 0 Å². The second kappa shape index (κ2) is 4.28. The molecule has 0 spiro atoms. The fourth-order valence-electron chi connectivity index (χ4n) is 0.800. The molecule has 10 heavy (non-hydrogen) atoms. The molecule has 0 bridgehead atoms. The average Bonchev–Trinajstić information content (AvgIpc) is 1.85. The highest BCUT2D eigenvalue weighted by Gasteiger charge is 2.11. The monoisotopic (exact) mass is 144 g/mol. The van der Waals surface area contributed by atoms with E-state index in [9.17, 15) is 4.79 Å². The zero-order chi connectivity index (χ0) is 8.15. The van der Waals surface area contributed by atoms with Gasteiger partial charge < -0.3 is 11.1 Å². The molecule has 0 rings (SSSR count). The van der Waals surface area contributed by atoms with Gasteiger partial charge in [0.05, 0.1) is 6.04 Å². The highest BCUT2D eigenvalue weighted by molar-refractivity contribution is 5.81. The van der Waals surface area contributed by atoms with Crippen molar-refractivity contribution < 1.29 is 4.79 Å². The molecule has 0 aromatic heterocycles. The molecule has 0 saturated heterocycles. The van der Waals surface area contributed by atoms with Crippen molar-refractivity contribution in [3.63, 3.8) is 0 Å². The molecule has 0 radical (unpaired) electrons. The van der Waals surface area contributed by atoms with Crippen LogP contribution < -0.4 is 11.1 Å². The van der Waals surface area contributed by atoms with Gasteiger partial charge >= 0.3 is 0 Å². The normalized spacial score (nSPS) is 13.3. The number of hydrogen-bond donors (Lipinski definition) is 2. The second-order valence-corrected chi connectivity index (χ2v) is 2.85. The molecule has 3 heteroatoms. The van der Waals surface area contributed by atoms with Crippen molar-refractivity contribution in [1.29, 1.82) is 0 Å². The first-order valence-corrected chi connectivity index (χ1v) is 3.55. The van der Waals surface area contributed by atoms with Gasteiger partial charge in [-0.05, 0) is 12.3 Å². The van der Waals surface area contributed by atoms with Gasteiger partial charge in [-0.3, -0.25) is 4.79 Å². The fourth-order valence-corrected chi connectivity index (χ4v) is 0.800. The van der Waals surface area contributed by atoms with Crippen LogP contribution in [0.3, 0.4) is 0 Å². The molecule has 0 fully saturated rings. The van der Waals surface area contributed by atoms with Crippen molar-refractivity contribution in [2.45, 2.75) is 26.3 Å². The quantitative estimate of drug-likeness (QED) is 0.590. The maximum Gasteiger partial charge on any atom is 0.236 e. The van der Waals surface area contributed by atoms with Crippen molar-refractivity contribution in [3.8, 4) is 0 Å². The molecule has 1 atom stereocenters. The maximum absolute atomic E-state index is 10.8. The van der Waals surface area contributed by atoms with Gasteiger partial charge in [0.2, 0.25) is 5.91 Å². The summed E-state index contributed by atoms with van der Waals surface area (Å²) in [5, 5.41) is 2.51. The molecule has 0 aromatic rings. The summed E-state index contributed by atoms with van der Waals surface area (Å²) in [7, 11) is 1.60. The Hall–Kier alpha value is -0.570. The van der Waals surface area contributed by atoms with Crippen LogP contribution in [-0.2, 0) is 4.79 Å². The van der Waals surface area contributed by atoms with Crippen LogP contribution in [-0.4, -0.2) is 19.0 Å². The Morgan fingerprint density at radius 1 is 1.60 bits per heavy atom. The summed E-state index contributed by atoms with van der Waals surface area (Å²) >= 11 is 0. The predicted molar refractivity (Wildman–Crippen MR) is 41.5 cm³/mol. The Balaban J connectivity index is 3.61. The molecule has 0 saturated carbocycles. The third kappa shape index (κ3) is 3.45. The summed E-state index contributed by atoms with van der Waals surface area (Å²) < 4.78 is 0. The molecule has 3 N–H and O–H groups in total. The van der Waals surface area contributed by atoms with E-state index in [1.165, 1.54) is 0 Å². The Morgan fingerprint density at radius 2 is 2.10 bits per heavy atom. The Kier molecular flexibility index (Phi) is 4.03. The number of carbonyl (C=O) groups excluding carboxylic acids is 1. The van der Waals surface area contributed by atoms with Crippen LogP contribution >= 0.6 is 0 Å². The van der Waals surface area contributed by atoms with Crippen molar-refractivity contribution >= 4 is 5.91 Å². The molecular formula is C7H16N2O. The van der Waals surface area contributed by atoms with E-state index >= 15 is 0 Å². The first-order chi connectivity index (χ1) is 4.57. The molecule has 3 nitrogen and oxygen atoms in total. The summed E-state index contributed by atoms with van der Waals surface area (Å²) in [4.78, 5) is 10.8. The van der Waals surface area contributed by atoms with E-state index in [-0.39, 0.29) is 11.9 Å². The number of rotatable bonds is 3. The molecule has 0 aliphatic carbocycles. The lowest BCUT2D eigenvalue weighted by Gasteiger charge is -2.11. The van der Waals surface area contributed by atoms with Gasteiger partial charge in [-0.25, -0.2) is 0 Å². The van der Waals surface area contributed by atoms with E-state index in [0.29, 0.717) is 5.92 Å². The molecule has 0 unspecified atom stereocenters. The molecule has 0 heterocycles. The highest BCUT2D eigenvalue weighted by atomic mass is 16.2. The van der Waals surface area contributed by atoms with Crippen LogP contribution in [0, 0.1) is 5.92 Å². The zero-order valence-electron chi connectivity index (χ0n) is 6.85. The second-order valence-electron chi connectivity index (χ2n) is 2.85. The minimum atomic E-state index is -0.343. The number of hydrogen-bond acceptors (Lipinski definition) is 2. The predicted octanol–water partition coefficient (Wildman–Crippen LogP) is 0.106. The number of nitrogens with two attached hydrogens (primary N) is 1. The molecule has 0 aromatic carbocycles. The third-order valence-corrected chi connectivity index (χ3v) is 1.31. The summed E-state index contributed by atoms with van der Waals surface area (Å²) in [6, 6.07) is -0.343. The van der Waals surface area contributed by atoms with Crippen molar-refractivity contribution in [1.82, 2.24) is 5.32 Å². The maximum atomic E-state index is 10.8. The molecular weight excluding hydrogens is 128 g/mol. The van der Waals surface area contributed by atoms with Crippen LogP contribution in [0.15, 0.2) is 0 Å². The third-order valence-electron chi connectivity index (χ3n) is 1.31. The van der Waals surface area contributed by atoms with Crippen LogP contribution in [0.4, 0.5) is 0 Å². The lowest BCUT2D eigenvalue weighted by molar-refractivity contribution is -0.122. The van der Waals surface area contributed by atoms with Crippen molar-refractivity contribution in [2.24, 2.45) is 11.7 Å². The van der Waals surface area contributed by atoms with Crippen LogP contribution in [0.25, 0.3) is 0 Å². The van der Waals surface area contributed by atoms with Crippen molar-refractivity contribution in [2.75, 3.05) is 7.05 Å². The molecule has 60 valence electrons. The fraction of sp³-hybridized carbons (Fsp3) is 0.857. The number of likely N-dealkylation sites (N-methyl/N-ethyl adjacent to an activating group) is 1. The van der Waals surface area contributed by atoms with Crippen molar-refractivity contribution in [3.05, 3.63) is 0 Å².